The van der Waals surface area contributed by atoms with E-state index in [0.717, 1.165) is 5.56 Å². The van der Waals surface area contributed by atoms with Crippen molar-refractivity contribution in [2.24, 2.45) is 0 Å². The van der Waals surface area contributed by atoms with Gasteiger partial charge in [0.05, 0.1) is 34.0 Å². The van der Waals surface area contributed by atoms with E-state index in [1.54, 1.807) is 24.3 Å². The van der Waals surface area contributed by atoms with Gasteiger partial charge in [0, 0.05) is 6.61 Å². The van der Waals surface area contributed by atoms with Crippen LogP contribution >= 0.6 is 0 Å². The first-order valence-corrected chi connectivity index (χ1v) is 10.3. The molecule has 9 heteroatoms. The minimum absolute atomic E-state index is 0.0906. The van der Waals surface area contributed by atoms with Gasteiger partial charge in [-0.15, -0.1) is 0 Å². The Morgan fingerprint density at radius 3 is 1.97 bits per heavy atom. The first kappa shape index (κ1) is 25.7. The molecule has 32 heavy (non-hydrogen) atoms. The van der Waals surface area contributed by atoms with E-state index >= 15 is 0 Å². The van der Waals surface area contributed by atoms with Gasteiger partial charge >= 0.3 is 0 Å². The summed E-state index contributed by atoms with van der Waals surface area (Å²) in [6, 6.07) is 9.98. The smallest absolute Gasteiger partial charge is 0.161 e. The SMILES string of the molecule is COc1cc([C@@H](O)[C@@H](CO)Oc2ccc(CCCO)cc2OC)ccc1OC(CO)CO. The van der Waals surface area contributed by atoms with Crippen molar-refractivity contribution in [1.29, 1.82) is 0 Å². The van der Waals surface area contributed by atoms with Crippen molar-refractivity contribution in [3.05, 3.63) is 47.5 Å². The van der Waals surface area contributed by atoms with Gasteiger partial charge in [0.1, 0.15) is 12.2 Å². The molecular formula is C23H32O9. The summed E-state index contributed by atoms with van der Waals surface area (Å²) in [5, 5.41) is 48.1. The molecule has 2 rings (SSSR count). The van der Waals surface area contributed by atoms with Crippen molar-refractivity contribution in [2.45, 2.75) is 31.2 Å². The molecule has 2 aromatic rings. The van der Waals surface area contributed by atoms with E-state index < -0.39 is 24.9 Å². The van der Waals surface area contributed by atoms with Crippen molar-refractivity contribution in [1.82, 2.24) is 0 Å². The summed E-state index contributed by atoms with van der Waals surface area (Å²) in [7, 11) is 2.92. The van der Waals surface area contributed by atoms with Gasteiger partial charge in [-0.2, -0.15) is 0 Å². The fourth-order valence-electron chi connectivity index (χ4n) is 3.10. The molecule has 9 nitrogen and oxygen atoms in total. The molecule has 0 aromatic heterocycles. The fourth-order valence-corrected chi connectivity index (χ4v) is 3.10. The number of rotatable bonds is 14. The van der Waals surface area contributed by atoms with Crippen molar-refractivity contribution >= 4 is 0 Å². The Morgan fingerprint density at radius 1 is 0.750 bits per heavy atom. The number of aliphatic hydroxyl groups is 5. The summed E-state index contributed by atoms with van der Waals surface area (Å²) in [6.07, 6.45) is -1.69. The van der Waals surface area contributed by atoms with E-state index in [-0.39, 0.29) is 31.3 Å². The zero-order valence-electron chi connectivity index (χ0n) is 18.3. The van der Waals surface area contributed by atoms with Crippen LogP contribution in [0, 0.1) is 0 Å². The summed E-state index contributed by atoms with van der Waals surface area (Å²) in [4.78, 5) is 0. The molecule has 0 radical (unpaired) electrons. The number of ether oxygens (including phenoxy) is 4. The van der Waals surface area contributed by atoms with Crippen LogP contribution in [0.3, 0.4) is 0 Å². The van der Waals surface area contributed by atoms with Gasteiger partial charge in [-0.1, -0.05) is 12.1 Å². The minimum atomic E-state index is -1.20. The Labute approximate surface area is 187 Å². The summed E-state index contributed by atoms with van der Waals surface area (Å²) >= 11 is 0. The van der Waals surface area contributed by atoms with Gasteiger partial charge in [0.25, 0.3) is 0 Å². The molecule has 0 saturated carbocycles. The van der Waals surface area contributed by atoms with E-state index in [0.29, 0.717) is 29.9 Å². The predicted octanol–water partition coefficient (Wildman–Crippen LogP) is 0.834. The topological polar surface area (TPSA) is 138 Å². The number of hydrogen-bond acceptors (Lipinski definition) is 9. The highest BCUT2D eigenvalue weighted by atomic mass is 16.5. The summed E-state index contributed by atoms with van der Waals surface area (Å²) in [6.45, 7) is -1.11. The standard InChI is InChI=1S/C23H32O9/c1-29-20-10-15(4-3-9-24)5-7-19(20)32-22(14-27)23(28)16-6-8-18(21(11-16)30-2)31-17(12-25)13-26/h5-8,10-11,17,22-28H,3-4,9,12-14H2,1-2H3/t22-,23-/m1/s1. The molecule has 2 aromatic carbocycles. The van der Waals surface area contributed by atoms with E-state index in [4.69, 9.17) is 24.1 Å². The molecule has 0 heterocycles. The Bertz CT molecular complexity index is 823. The van der Waals surface area contributed by atoms with E-state index in [1.807, 2.05) is 6.07 Å². The fraction of sp³-hybridized carbons (Fsp3) is 0.478. The molecule has 0 unspecified atom stereocenters. The Morgan fingerprint density at radius 2 is 1.38 bits per heavy atom. The van der Waals surface area contributed by atoms with Gasteiger partial charge in [-0.3, -0.25) is 0 Å². The lowest BCUT2D eigenvalue weighted by atomic mass is 10.0. The number of benzene rings is 2. The van der Waals surface area contributed by atoms with Gasteiger partial charge in [-0.05, 0) is 48.2 Å². The van der Waals surface area contributed by atoms with Crippen LogP contribution in [0.1, 0.15) is 23.7 Å². The first-order chi connectivity index (χ1) is 15.5. The van der Waals surface area contributed by atoms with Crippen LogP contribution in [0.2, 0.25) is 0 Å². The molecule has 0 amide bonds. The van der Waals surface area contributed by atoms with Crippen LogP contribution in [-0.2, 0) is 6.42 Å². The third-order valence-electron chi connectivity index (χ3n) is 4.89. The molecule has 178 valence electrons. The third kappa shape index (κ3) is 6.72. The zero-order valence-corrected chi connectivity index (χ0v) is 18.3. The lowest BCUT2D eigenvalue weighted by Crippen LogP contribution is -2.29. The normalized spacial score (nSPS) is 13.0. The average Bonchev–Trinajstić information content (AvgIpc) is 2.84. The van der Waals surface area contributed by atoms with Gasteiger partial charge in [0.2, 0.25) is 0 Å². The quantitative estimate of drug-likeness (QED) is 0.282. The maximum absolute atomic E-state index is 10.8. The number of aryl methyl sites for hydroxylation is 1. The molecule has 0 saturated heterocycles. The van der Waals surface area contributed by atoms with Crippen molar-refractivity contribution in [3.63, 3.8) is 0 Å². The van der Waals surface area contributed by atoms with Crippen LogP contribution < -0.4 is 18.9 Å². The molecule has 2 atom stereocenters. The van der Waals surface area contributed by atoms with Crippen LogP contribution in [0.5, 0.6) is 23.0 Å². The second-order valence-electron chi connectivity index (χ2n) is 7.11. The highest BCUT2D eigenvalue weighted by Gasteiger charge is 2.25. The van der Waals surface area contributed by atoms with E-state index in [9.17, 15) is 20.4 Å². The van der Waals surface area contributed by atoms with Crippen LogP contribution in [0.4, 0.5) is 0 Å². The lowest BCUT2D eigenvalue weighted by Gasteiger charge is -2.25. The van der Waals surface area contributed by atoms with Crippen molar-refractivity contribution < 1.29 is 44.5 Å². The van der Waals surface area contributed by atoms with Crippen LogP contribution in [-0.4, -0.2) is 78.4 Å². The van der Waals surface area contributed by atoms with Crippen molar-refractivity contribution in [2.75, 3.05) is 40.6 Å². The largest absolute Gasteiger partial charge is 0.493 e. The predicted molar refractivity (Wildman–Crippen MR) is 116 cm³/mol. The minimum Gasteiger partial charge on any atom is -0.493 e. The second kappa shape index (κ2) is 13.1. The molecule has 0 fully saturated rings. The molecule has 0 spiro atoms. The molecule has 0 aliphatic carbocycles. The average molecular weight is 453 g/mol. The molecule has 0 aliphatic rings. The maximum atomic E-state index is 10.8. The van der Waals surface area contributed by atoms with Gasteiger partial charge in [-0.25, -0.2) is 0 Å². The third-order valence-corrected chi connectivity index (χ3v) is 4.89. The first-order valence-electron chi connectivity index (χ1n) is 10.3. The van der Waals surface area contributed by atoms with E-state index in [1.165, 1.54) is 20.3 Å². The summed E-state index contributed by atoms with van der Waals surface area (Å²) in [5.74, 6) is 1.39. The maximum Gasteiger partial charge on any atom is 0.161 e. The number of aliphatic hydroxyl groups excluding tert-OH is 5. The highest BCUT2D eigenvalue weighted by Crippen LogP contribution is 2.35. The molecule has 0 bridgehead atoms. The highest BCUT2D eigenvalue weighted by molar-refractivity contribution is 5.45. The van der Waals surface area contributed by atoms with Crippen LogP contribution in [0.25, 0.3) is 0 Å². The Balaban J connectivity index is 2.21. The molecule has 5 N–H and O–H groups in total. The lowest BCUT2D eigenvalue weighted by molar-refractivity contribution is -0.000598. The number of methoxy groups -OCH3 is 2. The molecule has 0 aliphatic heterocycles. The second-order valence-corrected chi connectivity index (χ2v) is 7.11. The van der Waals surface area contributed by atoms with Crippen molar-refractivity contribution in [3.8, 4) is 23.0 Å². The van der Waals surface area contributed by atoms with Gasteiger partial charge < -0.3 is 44.5 Å². The van der Waals surface area contributed by atoms with Gasteiger partial charge in [0.15, 0.2) is 29.1 Å². The number of hydrogen-bond donors (Lipinski definition) is 5. The summed E-state index contributed by atoms with van der Waals surface area (Å²) in [5.41, 5.74) is 1.38. The monoisotopic (exact) mass is 452 g/mol. The summed E-state index contributed by atoms with van der Waals surface area (Å²) < 4.78 is 22.0. The Kier molecular flexibility index (Phi) is 10.5. The van der Waals surface area contributed by atoms with Crippen LogP contribution in [0.15, 0.2) is 36.4 Å². The molecular weight excluding hydrogens is 420 g/mol. The van der Waals surface area contributed by atoms with E-state index in [2.05, 4.69) is 0 Å². The Hall–Kier alpha value is -2.56. The zero-order chi connectivity index (χ0) is 23.5.